The first-order chi connectivity index (χ1) is 14.4. The van der Waals surface area contributed by atoms with Gasteiger partial charge in [0, 0.05) is 23.7 Å². The van der Waals surface area contributed by atoms with E-state index in [1.165, 1.54) is 16.8 Å². The lowest BCUT2D eigenvalue weighted by Gasteiger charge is -2.17. The zero-order valence-electron chi connectivity index (χ0n) is 17.2. The molecule has 0 fully saturated rings. The summed E-state index contributed by atoms with van der Waals surface area (Å²) in [5, 5.41) is 7.67. The van der Waals surface area contributed by atoms with Crippen LogP contribution in [0.1, 0.15) is 30.0 Å². The van der Waals surface area contributed by atoms with Crippen molar-refractivity contribution in [3.05, 3.63) is 86.7 Å². The SMILES string of the molecule is CC[C@@H](Oc1ccc(=O)n(-c2cc(Cl)ccc2C)n1)C(=O)NCc1ccc(C)cc1. The van der Waals surface area contributed by atoms with Crippen LogP contribution in [0.25, 0.3) is 5.69 Å². The summed E-state index contributed by atoms with van der Waals surface area (Å²) in [5.74, 6) is -0.0529. The quantitative estimate of drug-likeness (QED) is 0.621. The number of carbonyl (C=O) groups is 1. The lowest BCUT2D eigenvalue weighted by Crippen LogP contribution is -2.38. The Kier molecular flexibility index (Phi) is 6.90. The van der Waals surface area contributed by atoms with E-state index in [9.17, 15) is 9.59 Å². The second-order valence-corrected chi connectivity index (χ2v) is 7.51. The summed E-state index contributed by atoms with van der Waals surface area (Å²) < 4.78 is 7.03. The number of ether oxygens (including phenoxy) is 1. The Bertz CT molecular complexity index is 1090. The molecule has 1 heterocycles. The molecule has 0 unspecified atom stereocenters. The highest BCUT2D eigenvalue weighted by Crippen LogP contribution is 2.19. The molecule has 0 aliphatic carbocycles. The smallest absolute Gasteiger partial charge is 0.271 e. The fraction of sp³-hybridized carbons (Fsp3) is 0.261. The van der Waals surface area contributed by atoms with Gasteiger partial charge in [-0.3, -0.25) is 9.59 Å². The lowest BCUT2D eigenvalue weighted by atomic mass is 10.1. The minimum Gasteiger partial charge on any atom is -0.463 e. The molecule has 0 spiro atoms. The van der Waals surface area contributed by atoms with E-state index in [1.54, 1.807) is 12.1 Å². The largest absolute Gasteiger partial charge is 0.463 e. The first kappa shape index (κ1) is 21.6. The molecule has 0 saturated heterocycles. The molecule has 0 aliphatic rings. The molecule has 7 heteroatoms. The van der Waals surface area contributed by atoms with E-state index in [0.717, 1.165) is 16.7 Å². The number of rotatable bonds is 7. The third kappa shape index (κ3) is 5.27. The Morgan fingerprint density at radius 1 is 1.13 bits per heavy atom. The minimum absolute atomic E-state index is 0.186. The maximum atomic E-state index is 12.6. The van der Waals surface area contributed by atoms with Crippen molar-refractivity contribution in [3.63, 3.8) is 0 Å². The Balaban J connectivity index is 1.75. The van der Waals surface area contributed by atoms with Crippen LogP contribution in [0.5, 0.6) is 5.88 Å². The molecule has 1 atom stereocenters. The van der Waals surface area contributed by atoms with E-state index in [-0.39, 0.29) is 17.3 Å². The Morgan fingerprint density at radius 3 is 2.57 bits per heavy atom. The number of hydrogen-bond acceptors (Lipinski definition) is 4. The van der Waals surface area contributed by atoms with Crippen LogP contribution in [0.4, 0.5) is 0 Å². The van der Waals surface area contributed by atoms with Gasteiger partial charge >= 0.3 is 0 Å². The normalized spacial score (nSPS) is 11.7. The summed E-state index contributed by atoms with van der Waals surface area (Å²) >= 11 is 6.07. The van der Waals surface area contributed by atoms with Crippen LogP contribution >= 0.6 is 11.6 Å². The number of nitrogens with zero attached hydrogens (tertiary/aromatic N) is 2. The van der Waals surface area contributed by atoms with Crippen molar-refractivity contribution < 1.29 is 9.53 Å². The number of benzene rings is 2. The maximum Gasteiger partial charge on any atom is 0.271 e. The highest BCUT2D eigenvalue weighted by molar-refractivity contribution is 6.30. The van der Waals surface area contributed by atoms with Gasteiger partial charge in [0.05, 0.1) is 5.69 Å². The van der Waals surface area contributed by atoms with E-state index in [2.05, 4.69) is 10.4 Å². The molecular weight excluding hydrogens is 402 g/mol. The number of nitrogens with one attached hydrogen (secondary N) is 1. The molecule has 1 amide bonds. The molecule has 0 saturated carbocycles. The lowest BCUT2D eigenvalue weighted by molar-refractivity contribution is -0.128. The number of hydrogen-bond donors (Lipinski definition) is 1. The van der Waals surface area contributed by atoms with E-state index in [0.29, 0.717) is 23.7 Å². The topological polar surface area (TPSA) is 73.2 Å². The molecule has 0 aliphatic heterocycles. The van der Waals surface area contributed by atoms with E-state index < -0.39 is 6.10 Å². The summed E-state index contributed by atoms with van der Waals surface area (Å²) in [6.45, 7) is 6.14. The molecule has 6 nitrogen and oxygen atoms in total. The summed E-state index contributed by atoms with van der Waals surface area (Å²) in [4.78, 5) is 24.9. The first-order valence-electron chi connectivity index (χ1n) is 9.74. The van der Waals surface area contributed by atoms with Crippen molar-refractivity contribution in [1.29, 1.82) is 0 Å². The van der Waals surface area contributed by atoms with Gasteiger partial charge in [-0.05, 0) is 43.5 Å². The minimum atomic E-state index is -0.727. The number of halogens is 1. The van der Waals surface area contributed by atoms with Crippen molar-refractivity contribution >= 4 is 17.5 Å². The maximum absolute atomic E-state index is 12.6. The molecular formula is C23H24ClN3O3. The molecule has 3 aromatic rings. The first-order valence-corrected chi connectivity index (χ1v) is 10.1. The highest BCUT2D eigenvalue weighted by atomic mass is 35.5. The van der Waals surface area contributed by atoms with Crippen molar-refractivity contribution in [3.8, 4) is 11.6 Å². The van der Waals surface area contributed by atoms with Crippen LogP contribution in [0, 0.1) is 13.8 Å². The number of aromatic nitrogens is 2. The van der Waals surface area contributed by atoms with E-state index >= 15 is 0 Å². The van der Waals surface area contributed by atoms with Gasteiger partial charge < -0.3 is 10.1 Å². The van der Waals surface area contributed by atoms with Crippen LogP contribution in [0.2, 0.25) is 5.02 Å². The Morgan fingerprint density at radius 2 is 1.87 bits per heavy atom. The molecule has 30 heavy (non-hydrogen) atoms. The van der Waals surface area contributed by atoms with Crippen LogP contribution < -0.4 is 15.6 Å². The van der Waals surface area contributed by atoms with Gasteiger partial charge in [-0.25, -0.2) is 0 Å². The second-order valence-electron chi connectivity index (χ2n) is 7.07. The van der Waals surface area contributed by atoms with Crippen LogP contribution in [-0.4, -0.2) is 21.8 Å². The zero-order valence-corrected chi connectivity index (χ0v) is 17.9. The van der Waals surface area contributed by atoms with Gasteiger partial charge in [0.25, 0.3) is 11.5 Å². The predicted molar refractivity (Wildman–Crippen MR) is 117 cm³/mol. The van der Waals surface area contributed by atoms with Crippen molar-refractivity contribution in [1.82, 2.24) is 15.1 Å². The highest BCUT2D eigenvalue weighted by Gasteiger charge is 2.19. The molecule has 1 aromatic heterocycles. The van der Waals surface area contributed by atoms with E-state index in [1.807, 2.05) is 51.1 Å². The fourth-order valence-electron chi connectivity index (χ4n) is 2.92. The Labute approximate surface area is 180 Å². The van der Waals surface area contributed by atoms with Gasteiger partial charge in [-0.1, -0.05) is 54.4 Å². The number of aryl methyl sites for hydroxylation is 2. The second kappa shape index (κ2) is 9.59. The van der Waals surface area contributed by atoms with Gasteiger partial charge in [0.2, 0.25) is 5.88 Å². The third-order valence-electron chi connectivity index (χ3n) is 4.69. The van der Waals surface area contributed by atoms with Crippen molar-refractivity contribution in [2.75, 3.05) is 0 Å². The zero-order chi connectivity index (χ0) is 21.7. The average molecular weight is 426 g/mol. The van der Waals surface area contributed by atoms with Crippen LogP contribution in [0.3, 0.4) is 0 Å². The summed E-state index contributed by atoms with van der Waals surface area (Å²) in [7, 11) is 0. The predicted octanol–water partition coefficient (Wildman–Crippen LogP) is 3.98. The average Bonchev–Trinajstić information content (AvgIpc) is 2.74. The van der Waals surface area contributed by atoms with Gasteiger partial charge in [-0.2, -0.15) is 4.68 Å². The monoisotopic (exact) mass is 425 g/mol. The Hall–Kier alpha value is -3.12. The third-order valence-corrected chi connectivity index (χ3v) is 4.92. The molecule has 0 radical (unpaired) electrons. The molecule has 0 bridgehead atoms. The molecule has 156 valence electrons. The standard InChI is InChI=1S/C23H24ClN3O3/c1-4-20(23(29)25-14-17-8-5-15(2)6-9-17)30-21-11-12-22(28)27(26-21)19-13-18(24)10-7-16(19)3/h5-13,20H,4,14H2,1-3H3,(H,25,29)/t20-/m1/s1. The number of amides is 1. The van der Waals surface area contributed by atoms with Crippen LogP contribution in [-0.2, 0) is 11.3 Å². The van der Waals surface area contributed by atoms with Crippen molar-refractivity contribution in [2.24, 2.45) is 0 Å². The molecule has 3 rings (SSSR count). The molecule has 2 aromatic carbocycles. The fourth-order valence-corrected chi connectivity index (χ4v) is 3.08. The summed E-state index contributed by atoms with van der Waals surface area (Å²) in [6, 6.07) is 16.0. The van der Waals surface area contributed by atoms with E-state index in [4.69, 9.17) is 16.3 Å². The van der Waals surface area contributed by atoms with Gasteiger partial charge in [0.1, 0.15) is 0 Å². The van der Waals surface area contributed by atoms with Crippen molar-refractivity contribution in [2.45, 2.75) is 39.8 Å². The number of carbonyl (C=O) groups excluding carboxylic acids is 1. The van der Waals surface area contributed by atoms with Crippen LogP contribution in [0.15, 0.2) is 59.4 Å². The summed E-state index contributed by atoms with van der Waals surface area (Å²) in [6.07, 6.45) is -0.272. The molecule has 1 N–H and O–H groups in total. The van der Waals surface area contributed by atoms with Gasteiger partial charge in [0.15, 0.2) is 6.10 Å². The summed E-state index contributed by atoms with van der Waals surface area (Å²) in [5.41, 5.74) is 3.26. The van der Waals surface area contributed by atoms with Gasteiger partial charge in [-0.15, -0.1) is 5.10 Å².